The second-order valence-corrected chi connectivity index (χ2v) is 2.44. The van der Waals surface area contributed by atoms with Crippen LogP contribution in [0.1, 0.15) is 5.56 Å². The highest BCUT2D eigenvalue weighted by Crippen LogP contribution is 2.14. The van der Waals surface area contributed by atoms with Crippen LogP contribution >= 0.6 is 23.2 Å². The molecule has 11 heavy (non-hydrogen) atoms. The van der Waals surface area contributed by atoms with Gasteiger partial charge in [0.15, 0.2) is 0 Å². The van der Waals surface area contributed by atoms with Crippen molar-refractivity contribution in [2.24, 2.45) is 5.73 Å². The summed E-state index contributed by atoms with van der Waals surface area (Å²) in [5.74, 6) is 0. The third-order valence-corrected chi connectivity index (χ3v) is 1.50. The standard InChI is InChI=1S/C6H5Cl2N3/c7-5-4(1-2-9)3-10-6(8)11-5/h1-3H,9H2/b2-1-. The molecule has 2 N–H and O–H groups in total. The summed E-state index contributed by atoms with van der Waals surface area (Å²) in [5.41, 5.74) is 5.79. The molecule has 0 aliphatic rings. The van der Waals surface area contributed by atoms with Gasteiger partial charge in [0.2, 0.25) is 5.28 Å². The largest absolute Gasteiger partial charge is 0.405 e. The van der Waals surface area contributed by atoms with Gasteiger partial charge in [-0.25, -0.2) is 9.97 Å². The minimum atomic E-state index is 0.129. The smallest absolute Gasteiger partial charge is 0.223 e. The zero-order chi connectivity index (χ0) is 8.27. The zero-order valence-corrected chi connectivity index (χ0v) is 6.97. The Balaban J connectivity index is 3.09. The van der Waals surface area contributed by atoms with Gasteiger partial charge in [0.25, 0.3) is 0 Å². The van der Waals surface area contributed by atoms with Crippen LogP contribution in [0.15, 0.2) is 12.4 Å². The summed E-state index contributed by atoms with van der Waals surface area (Å²) in [5, 5.41) is 0.427. The van der Waals surface area contributed by atoms with E-state index in [-0.39, 0.29) is 5.28 Å². The fourth-order valence-corrected chi connectivity index (χ4v) is 0.934. The molecule has 0 unspecified atom stereocenters. The molecule has 0 spiro atoms. The Labute approximate surface area is 73.9 Å². The highest BCUT2D eigenvalue weighted by atomic mass is 35.5. The van der Waals surface area contributed by atoms with Crippen LogP contribution < -0.4 is 5.73 Å². The average Bonchev–Trinajstić information content (AvgIpc) is 1.95. The minimum Gasteiger partial charge on any atom is -0.405 e. The Morgan fingerprint density at radius 3 is 2.73 bits per heavy atom. The van der Waals surface area contributed by atoms with Gasteiger partial charge >= 0.3 is 0 Å². The summed E-state index contributed by atoms with van der Waals surface area (Å²) in [6, 6.07) is 0. The summed E-state index contributed by atoms with van der Waals surface area (Å²) < 4.78 is 0. The number of rotatable bonds is 1. The summed E-state index contributed by atoms with van der Waals surface area (Å²) in [7, 11) is 0. The lowest BCUT2D eigenvalue weighted by atomic mass is 10.3. The number of nitrogens with zero attached hydrogens (tertiary/aromatic N) is 2. The molecular formula is C6H5Cl2N3. The SMILES string of the molecule is N/C=C\c1cnc(Cl)nc1Cl. The molecular weight excluding hydrogens is 185 g/mol. The summed E-state index contributed by atoms with van der Waals surface area (Å²) in [6.45, 7) is 0. The van der Waals surface area contributed by atoms with Crippen molar-refractivity contribution in [2.45, 2.75) is 0 Å². The Hall–Kier alpha value is -0.800. The molecule has 3 nitrogen and oxygen atoms in total. The first-order valence-electron chi connectivity index (χ1n) is 2.80. The van der Waals surface area contributed by atoms with E-state index in [1.165, 1.54) is 12.4 Å². The van der Waals surface area contributed by atoms with E-state index >= 15 is 0 Å². The third kappa shape index (κ3) is 2.06. The van der Waals surface area contributed by atoms with Crippen LogP contribution in [0.4, 0.5) is 0 Å². The molecule has 0 fully saturated rings. The van der Waals surface area contributed by atoms with E-state index in [2.05, 4.69) is 9.97 Å². The van der Waals surface area contributed by atoms with Crippen molar-refractivity contribution in [3.8, 4) is 0 Å². The van der Waals surface area contributed by atoms with E-state index < -0.39 is 0 Å². The van der Waals surface area contributed by atoms with Crippen LogP contribution in [0.5, 0.6) is 0 Å². The van der Waals surface area contributed by atoms with Gasteiger partial charge in [0, 0.05) is 11.8 Å². The molecule has 0 saturated heterocycles. The second-order valence-electron chi connectivity index (χ2n) is 1.74. The minimum absolute atomic E-state index is 0.129. The van der Waals surface area contributed by atoms with Crippen LogP contribution in [0.2, 0.25) is 10.4 Å². The van der Waals surface area contributed by atoms with Crippen molar-refractivity contribution in [1.29, 1.82) is 0 Å². The van der Waals surface area contributed by atoms with Crippen LogP contribution in [0, 0.1) is 0 Å². The molecule has 1 aromatic rings. The Morgan fingerprint density at radius 1 is 1.45 bits per heavy atom. The Kier molecular flexibility index (Phi) is 2.68. The number of nitrogens with two attached hydrogens (primary N) is 1. The molecule has 0 bridgehead atoms. The topological polar surface area (TPSA) is 51.8 Å². The maximum Gasteiger partial charge on any atom is 0.223 e. The molecule has 58 valence electrons. The van der Waals surface area contributed by atoms with Crippen LogP contribution in [-0.4, -0.2) is 9.97 Å². The number of aromatic nitrogens is 2. The van der Waals surface area contributed by atoms with Gasteiger partial charge in [0.1, 0.15) is 5.15 Å². The third-order valence-electron chi connectivity index (χ3n) is 1.01. The van der Waals surface area contributed by atoms with E-state index in [4.69, 9.17) is 28.9 Å². The molecule has 0 aliphatic carbocycles. The Morgan fingerprint density at radius 2 is 2.18 bits per heavy atom. The molecule has 0 radical (unpaired) electrons. The van der Waals surface area contributed by atoms with Crippen LogP contribution in [-0.2, 0) is 0 Å². The lowest BCUT2D eigenvalue weighted by molar-refractivity contribution is 1.16. The predicted molar refractivity (Wildman–Crippen MR) is 45.3 cm³/mol. The first-order chi connectivity index (χ1) is 5.24. The highest BCUT2D eigenvalue weighted by Gasteiger charge is 1.98. The maximum atomic E-state index is 5.67. The normalized spacial score (nSPS) is 10.7. The van der Waals surface area contributed by atoms with Gasteiger partial charge in [-0.15, -0.1) is 0 Å². The highest BCUT2D eigenvalue weighted by molar-refractivity contribution is 6.32. The molecule has 0 saturated carbocycles. The molecule has 1 heterocycles. The Bertz CT molecular complexity index is 285. The summed E-state index contributed by atoms with van der Waals surface area (Å²) in [4.78, 5) is 7.43. The number of hydrogen-bond acceptors (Lipinski definition) is 3. The van der Waals surface area contributed by atoms with Crippen molar-refractivity contribution in [3.63, 3.8) is 0 Å². The van der Waals surface area contributed by atoms with Gasteiger partial charge < -0.3 is 5.73 Å². The monoisotopic (exact) mass is 189 g/mol. The molecule has 1 aromatic heterocycles. The predicted octanol–water partition coefficient (Wildman–Crippen LogP) is 1.71. The van der Waals surface area contributed by atoms with Crippen molar-refractivity contribution < 1.29 is 0 Å². The number of hydrogen-bond donors (Lipinski definition) is 1. The molecule has 0 amide bonds. The fourth-order valence-electron chi connectivity index (χ4n) is 0.566. The fraction of sp³-hybridized carbons (Fsp3) is 0. The first kappa shape index (κ1) is 8.30. The zero-order valence-electron chi connectivity index (χ0n) is 5.46. The van der Waals surface area contributed by atoms with Gasteiger partial charge in [-0.05, 0) is 23.9 Å². The van der Waals surface area contributed by atoms with E-state index in [0.717, 1.165) is 0 Å². The van der Waals surface area contributed by atoms with E-state index in [0.29, 0.717) is 10.7 Å². The van der Waals surface area contributed by atoms with E-state index in [1.54, 1.807) is 6.08 Å². The molecule has 5 heteroatoms. The number of halogens is 2. The van der Waals surface area contributed by atoms with Gasteiger partial charge in [-0.3, -0.25) is 0 Å². The molecule has 0 aliphatic heterocycles. The van der Waals surface area contributed by atoms with Crippen molar-refractivity contribution in [2.75, 3.05) is 0 Å². The first-order valence-corrected chi connectivity index (χ1v) is 3.56. The van der Waals surface area contributed by atoms with Crippen LogP contribution in [0.25, 0.3) is 6.08 Å². The van der Waals surface area contributed by atoms with Crippen molar-refractivity contribution in [1.82, 2.24) is 9.97 Å². The molecule has 0 atom stereocenters. The van der Waals surface area contributed by atoms with Crippen molar-refractivity contribution >= 4 is 29.3 Å². The van der Waals surface area contributed by atoms with Crippen LogP contribution in [0.3, 0.4) is 0 Å². The van der Waals surface area contributed by atoms with E-state index in [1.807, 2.05) is 0 Å². The summed E-state index contributed by atoms with van der Waals surface area (Å²) >= 11 is 11.1. The van der Waals surface area contributed by atoms with E-state index in [9.17, 15) is 0 Å². The molecule has 0 aromatic carbocycles. The van der Waals surface area contributed by atoms with Crippen molar-refractivity contribution in [3.05, 3.63) is 28.4 Å². The van der Waals surface area contributed by atoms with Gasteiger partial charge in [0.05, 0.1) is 0 Å². The lowest BCUT2D eigenvalue weighted by Crippen LogP contribution is -1.87. The lowest BCUT2D eigenvalue weighted by Gasteiger charge is -1.94. The summed E-state index contributed by atoms with van der Waals surface area (Å²) in [6.07, 6.45) is 4.46. The average molecular weight is 190 g/mol. The quantitative estimate of drug-likeness (QED) is 0.541. The van der Waals surface area contributed by atoms with Gasteiger partial charge in [-0.1, -0.05) is 11.6 Å². The van der Waals surface area contributed by atoms with Gasteiger partial charge in [-0.2, -0.15) is 0 Å². The molecule has 1 rings (SSSR count). The second kappa shape index (κ2) is 3.55. The maximum absolute atomic E-state index is 5.67.